The molecule has 0 aliphatic rings. The highest BCUT2D eigenvalue weighted by Crippen LogP contribution is 2.20. The first-order chi connectivity index (χ1) is 8.99. The minimum atomic E-state index is -1.13. The topological polar surface area (TPSA) is 113 Å². The largest absolute Gasteiger partial charge is 0.394 e. The van der Waals surface area contributed by atoms with Gasteiger partial charge < -0.3 is 15.5 Å². The second kappa shape index (κ2) is 7.36. The van der Waals surface area contributed by atoms with Crippen molar-refractivity contribution in [2.75, 3.05) is 11.0 Å². The molecule has 2 unspecified atom stereocenters. The average Bonchev–Trinajstić information content (AvgIpc) is 2.43. The quantitative estimate of drug-likeness (QED) is 0.289. The second-order valence-electron chi connectivity index (χ2n) is 3.78. The predicted molar refractivity (Wildman–Crippen MR) is 76.0 cm³/mol. The van der Waals surface area contributed by atoms with E-state index < -0.39 is 23.7 Å². The SMILES string of the molecule is O=C(CI)NC(CO)C(O)c1ccc([N+](=O)[O-])cc1. The third-order valence-corrected chi connectivity index (χ3v) is 3.18. The van der Waals surface area contributed by atoms with Crippen LogP contribution in [0.4, 0.5) is 5.69 Å². The number of hydrogen-bond acceptors (Lipinski definition) is 5. The van der Waals surface area contributed by atoms with Gasteiger partial charge in [-0.05, 0) is 17.7 Å². The molecule has 0 saturated carbocycles. The number of nitrogens with zero attached hydrogens (tertiary/aromatic N) is 1. The molecule has 1 rings (SSSR count). The Morgan fingerprint density at radius 2 is 2.00 bits per heavy atom. The standard InChI is InChI=1S/C11H13IN2O5/c12-5-10(16)13-9(6-15)11(17)7-1-3-8(4-2-7)14(18)19/h1-4,9,11,15,17H,5-6H2,(H,13,16). The first-order valence-corrected chi connectivity index (χ1v) is 6.90. The van der Waals surface area contributed by atoms with Crippen molar-refractivity contribution in [3.05, 3.63) is 39.9 Å². The molecule has 0 radical (unpaired) electrons. The molecule has 0 spiro atoms. The summed E-state index contributed by atoms with van der Waals surface area (Å²) >= 11 is 1.86. The van der Waals surface area contributed by atoms with Crippen LogP contribution >= 0.6 is 22.6 Å². The molecule has 1 aromatic rings. The number of amides is 1. The molecule has 1 amide bonds. The molecule has 2 atom stereocenters. The number of aliphatic hydroxyl groups excluding tert-OH is 2. The lowest BCUT2D eigenvalue weighted by Gasteiger charge is -2.22. The van der Waals surface area contributed by atoms with Crippen molar-refractivity contribution in [1.82, 2.24) is 5.32 Å². The smallest absolute Gasteiger partial charge is 0.269 e. The van der Waals surface area contributed by atoms with Crippen molar-refractivity contribution in [2.24, 2.45) is 0 Å². The van der Waals surface area contributed by atoms with Gasteiger partial charge in [-0.3, -0.25) is 14.9 Å². The fourth-order valence-corrected chi connectivity index (χ4v) is 1.72. The Labute approximate surface area is 122 Å². The van der Waals surface area contributed by atoms with Gasteiger partial charge in [0.15, 0.2) is 0 Å². The Bertz CT molecular complexity index is 451. The molecule has 1 aromatic carbocycles. The number of alkyl halides is 1. The van der Waals surface area contributed by atoms with E-state index in [1.54, 1.807) is 0 Å². The number of nitrogens with one attached hydrogen (secondary N) is 1. The number of non-ortho nitro benzene ring substituents is 1. The van der Waals surface area contributed by atoms with Crippen molar-refractivity contribution in [3.8, 4) is 0 Å². The van der Waals surface area contributed by atoms with E-state index in [1.807, 2.05) is 22.6 Å². The molecule has 7 nitrogen and oxygen atoms in total. The Morgan fingerprint density at radius 1 is 1.42 bits per heavy atom. The Hall–Kier alpha value is -1.26. The number of carbonyl (C=O) groups excluding carboxylic acids is 1. The van der Waals surface area contributed by atoms with Gasteiger partial charge in [0.2, 0.25) is 5.91 Å². The third kappa shape index (κ3) is 4.40. The van der Waals surface area contributed by atoms with Crippen LogP contribution in [0.25, 0.3) is 0 Å². The average molecular weight is 380 g/mol. The first kappa shape index (κ1) is 15.8. The summed E-state index contributed by atoms with van der Waals surface area (Å²) in [7, 11) is 0. The van der Waals surface area contributed by atoms with Crippen LogP contribution in [-0.2, 0) is 4.79 Å². The van der Waals surface area contributed by atoms with E-state index >= 15 is 0 Å². The highest BCUT2D eigenvalue weighted by Gasteiger charge is 2.22. The van der Waals surface area contributed by atoms with E-state index in [2.05, 4.69) is 5.32 Å². The normalized spacial score (nSPS) is 13.6. The number of nitro groups is 1. The summed E-state index contributed by atoms with van der Waals surface area (Å²) < 4.78 is 0.210. The summed E-state index contributed by atoms with van der Waals surface area (Å²) in [6, 6.07) is 4.45. The molecular formula is C11H13IN2O5. The maximum absolute atomic E-state index is 11.2. The van der Waals surface area contributed by atoms with Crippen LogP contribution in [0.3, 0.4) is 0 Å². The number of rotatable bonds is 6. The minimum Gasteiger partial charge on any atom is -0.394 e. The fourth-order valence-electron chi connectivity index (χ4n) is 1.50. The zero-order valence-electron chi connectivity index (χ0n) is 9.82. The Balaban J connectivity index is 2.81. The van der Waals surface area contributed by atoms with Gasteiger partial charge in [-0.25, -0.2) is 0 Å². The number of aliphatic hydroxyl groups is 2. The van der Waals surface area contributed by atoms with Crippen LogP contribution in [0.5, 0.6) is 0 Å². The van der Waals surface area contributed by atoms with Gasteiger partial charge in [0.1, 0.15) is 6.10 Å². The number of nitro benzene ring substituents is 1. The molecular weight excluding hydrogens is 367 g/mol. The van der Waals surface area contributed by atoms with Crippen molar-refractivity contribution in [3.63, 3.8) is 0 Å². The molecule has 104 valence electrons. The summed E-state index contributed by atoms with van der Waals surface area (Å²) in [5, 5.41) is 32.1. The second-order valence-corrected chi connectivity index (χ2v) is 4.55. The highest BCUT2D eigenvalue weighted by molar-refractivity contribution is 14.1. The molecule has 19 heavy (non-hydrogen) atoms. The molecule has 0 bridgehead atoms. The van der Waals surface area contributed by atoms with E-state index in [-0.39, 0.29) is 16.0 Å². The van der Waals surface area contributed by atoms with E-state index in [0.717, 1.165) is 0 Å². The van der Waals surface area contributed by atoms with E-state index in [4.69, 9.17) is 5.11 Å². The number of benzene rings is 1. The molecule has 0 aliphatic carbocycles. The molecule has 0 fully saturated rings. The molecule has 0 aliphatic heterocycles. The number of carbonyl (C=O) groups is 1. The van der Waals surface area contributed by atoms with Gasteiger partial charge in [0.05, 0.1) is 22.0 Å². The summed E-state index contributed by atoms with van der Waals surface area (Å²) in [4.78, 5) is 21.2. The molecule has 3 N–H and O–H groups in total. The minimum absolute atomic E-state index is 0.0900. The summed E-state index contributed by atoms with van der Waals surface area (Å²) in [5.74, 6) is -0.305. The Morgan fingerprint density at radius 3 is 2.42 bits per heavy atom. The summed E-state index contributed by atoms with van der Waals surface area (Å²) in [5.41, 5.74) is 0.297. The van der Waals surface area contributed by atoms with Gasteiger partial charge in [0, 0.05) is 12.1 Å². The van der Waals surface area contributed by atoms with Crippen LogP contribution < -0.4 is 5.32 Å². The van der Waals surface area contributed by atoms with Crippen LogP contribution in [0.2, 0.25) is 0 Å². The zero-order chi connectivity index (χ0) is 14.4. The molecule has 0 saturated heterocycles. The predicted octanol–water partition coefficient (Wildman–Crippen LogP) is 0.540. The van der Waals surface area contributed by atoms with Gasteiger partial charge in [-0.1, -0.05) is 22.6 Å². The maximum Gasteiger partial charge on any atom is 0.269 e. The lowest BCUT2D eigenvalue weighted by molar-refractivity contribution is -0.384. The van der Waals surface area contributed by atoms with Gasteiger partial charge in [-0.2, -0.15) is 0 Å². The third-order valence-electron chi connectivity index (χ3n) is 2.49. The lowest BCUT2D eigenvalue weighted by Crippen LogP contribution is -2.42. The van der Waals surface area contributed by atoms with Crippen molar-refractivity contribution >= 4 is 34.2 Å². The van der Waals surface area contributed by atoms with E-state index in [0.29, 0.717) is 5.56 Å². The maximum atomic E-state index is 11.2. The first-order valence-electron chi connectivity index (χ1n) is 5.38. The van der Waals surface area contributed by atoms with Crippen molar-refractivity contribution in [2.45, 2.75) is 12.1 Å². The van der Waals surface area contributed by atoms with Gasteiger partial charge in [-0.15, -0.1) is 0 Å². The number of hydrogen-bond donors (Lipinski definition) is 3. The lowest BCUT2D eigenvalue weighted by atomic mass is 10.0. The van der Waals surface area contributed by atoms with Crippen LogP contribution in [0.15, 0.2) is 24.3 Å². The summed E-state index contributed by atoms with van der Waals surface area (Å²) in [6.45, 7) is -0.430. The monoisotopic (exact) mass is 380 g/mol. The van der Waals surface area contributed by atoms with E-state index in [1.165, 1.54) is 24.3 Å². The Kier molecular flexibility index (Phi) is 6.12. The zero-order valence-corrected chi connectivity index (χ0v) is 12.0. The summed E-state index contributed by atoms with van der Waals surface area (Å²) in [6.07, 6.45) is -1.13. The van der Waals surface area contributed by atoms with Crippen molar-refractivity contribution in [1.29, 1.82) is 0 Å². The molecule has 0 heterocycles. The van der Waals surface area contributed by atoms with Crippen molar-refractivity contribution < 1.29 is 19.9 Å². The van der Waals surface area contributed by atoms with Crippen LogP contribution in [0.1, 0.15) is 11.7 Å². The molecule has 0 aromatic heterocycles. The van der Waals surface area contributed by atoms with E-state index in [9.17, 15) is 20.0 Å². The number of halogens is 1. The van der Waals surface area contributed by atoms with Crippen LogP contribution in [-0.4, -0.2) is 38.1 Å². The van der Waals surface area contributed by atoms with Crippen LogP contribution in [0, 0.1) is 10.1 Å². The van der Waals surface area contributed by atoms with Gasteiger partial charge >= 0.3 is 0 Å². The fraction of sp³-hybridized carbons (Fsp3) is 0.364. The van der Waals surface area contributed by atoms with Gasteiger partial charge in [0.25, 0.3) is 5.69 Å². The highest BCUT2D eigenvalue weighted by atomic mass is 127. The molecule has 8 heteroatoms.